The predicted octanol–water partition coefficient (Wildman–Crippen LogP) is 1.78. The van der Waals surface area contributed by atoms with Crippen LogP contribution >= 0.6 is 0 Å². The zero-order valence-corrected chi connectivity index (χ0v) is 16.1. The van der Waals surface area contributed by atoms with Crippen LogP contribution in [-0.2, 0) is 16.0 Å². The average molecular weight is 392 g/mol. The molecule has 0 radical (unpaired) electrons. The minimum absolute atomic E-state index is 0.00763. The van der Waals surface area contributed by atoms with E-state index in [2.05, 4.69) is 26.0 Å². The molecule has 29 heavy (non-hydrogen) atoms. The van der Waals surface area contributed by atoms with Crippen LogP contribution < -0.4 is 4.90 Å². The van der Waals surface area contributed by atoms with Crippen molar-refractivity contribution < 1.29 is 14.3 Å². The van der Waals surface area contributed by atoms with Crippen molar-refractivity contribution in [2.24, 2.45) is 0 Å². The molecule has 0 amide bonds. The summed E-state index contributed by atoms with van der Waals surface area (Å²) in [7, 11) is 1.34. The lowest BCUT2D eigenvalue weighted by Gasteiger charge is -2.38. The van der Waals surface area contributed by atoms with Crippen molar-refractivity contribution in [1.82, 2.24) is 19.7 Å². The number of esters is 1. The van der Waals surface area contributed by atoms with E-state index in [1.165, 1.54) is 13.3 Å². The molecule has 4 rings (SSSR count). The van der Waals surface area contributed by atoms with Gasteiger partial charge in [-0.15, -0.1) is 0 Å². The molecule has 9 nitrogen and oxygen atoms in total. The van der Waals surface area contributed by atoms with Crippen LogP contribution in [0.3, 0.4) is 0 Å². The summed E-state index contributed by atoms with van der Waals surface area (Å²) < 4.78 is 12.5. The Morgan fingerprint density at radius 1 is 1.38 bits per heavy atom. The van der Waals surface area contributed by atoms with Crippen molar-refractivity contribution in [1.29, 1.82) is 5.26 Å². The molecule has 2 atom stereocenters. The minimum Gasteiger partial charge on any atom is -0.465 e. The highest BCUT2D eigenvalue weighted by Gasteiger charge is 2.28. The van der Waals surface area contributed by atoms with Crippen molar-refractivity contribution in [3.05, 3.63) is 48.2 Å². The Bertz CT molecular complexity index is 1090. The lowest BCUT2D eigenvalue weighted by atomic mass is 10.1. The first kappa shape index (κ1) is 18.8. The molecule has 9 heteroatoms. The normalized spacial score (nSPS) is 19.1. The largest absolute Gasteiger partial charge is 0.465 e. The number of methoxy groups -OCH3 is 1. The number of pyridine rings is 2. The molecule has 1 fully saturated rings. The molecule has 148 valence electrons. The molecule has 0 aromatic carbocycles. The SMILES string of the molecule is COC(=O)c1cnn(C[C@H]2CN(c3cnc(C#N)c4ncccc34)C[C@@H](C)O2)c1. The summed E-state index contributed by atoms with van der Waals surface area (Å²) in [6, 6.07) is 5.90. The second-order valence-corrected chi connectivity index (χ2v) is 6.92. The van der Waals surface area contributed by atoms with Gasteiger partial charge in [0.25, 0.3) is 0 Å². The smallest absolute Gasteiger partial charge is 0.341 e. The molecule has 0 spiro atoms. The number of ether oxygens (including phenoxy) is 2. The summed E-state index contributed by atoms with van der Waals surface area (Å²) in [5.41, 5.74) is 2.23. The number of rotatable bonds is 4. The fraction of sp³-hybridized carbons (Fsp3) is 0.350. The molecule has 3 aromatic rings. The summed E-state index contributed by atoms with van der Waals surface area (Å²) in [5.74, 6) is -0.418. The van der Waals surface area contributed by atoms with E-state index in [1.54, 1.807) is 23.3 Å². The Morgan fingerprint density at radius 3 is 3.03 bits per heavy atom. The van der Waals surface area contributed by atoms with Crippen LogP contribution in [-0.4, -0.2) is 58.1 Å². The summed E-state index contributed by atoms with van der Waals surface area (Å²) in [4.78, 5) is 22.5. The third-order valence-corrected chi connectivity index (χ3v) is 4.84. The van der Waals surface area contributed by atoms with Crippen molar-refractivity contribution >= 4 is 22.6 Å². The van der Waals surface area contributed by atoms with Gasteiger partial charge in [0.2, 0.25) is 0 Å². The first-order chi connectivity index (χ1) is 14.1. The van der Waals surface area contributed by atoms with Crippen LogP contribution in [0.4, 0.5) is 5.69 Å². The van der Waals surface area contributed by atoms with E-state index in [0.29, 0.717) is 36.4 Å². The van der Waals surface area contributed by atoms with E-state index in [-0.39, 0.29) is 12.2 Å². The van der Waals surface area contributed by atoms with Crippen molar-refractivity contribution in [2.45, 2.75) is 25.7 Å². The topological polar surface area (TPSA) is 106 Å². The first-order valence-electron chi connectivity index (χ1n) is 9.24. The maximum atomic E-state index is 11.6. The van der Waals surface area contributed by atoms with Gasteiger partial charge in [-0.1, -0.05) is 0 Å². The van der Waals surface area contributed by atoms with Crippen LogP contribution in [0.15, 0.2) is 36.9 Å². The second-order valence-electron chi connectivity index (χ2n) is 6.92. The van der Waals surface area contributed by atoms with Crippen LogP contribution in [0.1, 0.15) is 23.0 Å². The fourth-order valence-electron chi connectivity index (χ4n) is 3.63. The van der Waals surface area contributed by atoms with Crippen LogP contribution in [0, 0.1) is 11.3 Å². The van der Waals surface area contributed by atoms with E-state index in [0.717, 1.165) is 11.1 Å². The number of aromatic nitrogens is 4. The Labute approximate surface area is 167 Å². The Kier molecular flexibility index (Phi) is 5.10. The zero-order valence-electron chi connectivity index (χ0n) is 16.1. The van der Waals surface area contributed by atoms with E-state index < -0.39 is 5.97 Å². The van der Waals surface area contributed by atoms with Crippen LogP contribution in [0.2, 0.25) is 0 Å². The highest BCUT2D eigenvalue weighted by atomic mass is 16.5. The number of anilines is 1. The number of nitriles is 1. The number of carbonyl (C=O) groups excluding carboxylic acids is 1. The number of fused-ring (bicyclic) bond motifs is 1. The van der Waals surface area contributed by atoms with Gasteiger partial charge in [0.05, 0.1) is 49.5 Å². The summed E-state index contributed by atoms with van der Waals surface area (Å²) in [5, 5.41) is 14.4. The molecule has 1 aliphatic rings. The molecule has 0 unspecified atom stereocenters. The van der Waals surface area contributed by atoms with Gasteiger partial charge in [-0.3, -0.25) is 9.67 Å². The zero-order chi connectivity index (χ0) is 20.4. The average Bonchev–Trinajstić information content (AvgIpc) is 3.20. The molecular weight excluding hydrogens is 372 g/mol. The molecular formula is C20H20N6O3. The third-order valence-electron chi connectivity index (χ3n) is 4.84. The quantitative estimate of drug-likeness (QED) is 0.619. The van der Waals surface area contributed by atoms with Crippen molar-refractivity contribution in [3.8, 4) is 6.07 Å². The lowest BCUT2D eigenvalue weighted by molar-refractivity contribution is -0.0255. The summed E-state index contributed by atoms with van der Waals surface area (Å²) in [6.45, 7) is 3.83. The van der Waals surface area contributed by atoms with Crippen LogP contribution in [0.5, 0.6) is 0 Å². The number of morpholine rings is 1. The van der Waals surface area contributed by atoms with E-state index in [1.807, 2.05) is 19.1 Å². The molecule has 1 aliphatic heterocycles. The van der Waals surface area contributed by atoms with Gasteiger partial charge >= 0.3 is 5.97 Å². The number of carbonyl (C=O) groups is 1. The molecule has 0 bridgehead atoms. The van der Waals surface area contributed by atoms with Gasteiger partial charge in [0, 0.05) is 30.9 Å². The Balaban J connectivity index is 1.58. The standard InChI is InChI=1S/C20H20N6O3/c1-13-9-25(18-8-23-17(6-21)19-16(18)4-3-5-22-19)11-15(29-13)12-26-10-14(7-24-26)20(27)28-2/h3-5,7-8,10,13,15H,9,11-12H2,1-2H3/t13-,15-/m1/s1. The monoisotopic (exact) mass is 392 g/mol. The number of hydrogen-bond donors (Lipinski definition) is 0. The lowest BCUT2D eigenvalue weighted by Crippen LogP contribution is -2.48. The highest BCUT2D eigenvalue weighted by molar-refractivity contribution is 5.93. The minimum atomic E-state index is -0.418. The summed E-state index contributed by atoms with van der Waals surface area (Å²) >= 11 is 0. The Morgan fingerprint density at radius 2 is 2.24 bits per heavy atom. The van der Waals surface area contributed by atoms with Gasteiger partial charge in [0.15, 0.2) is 5.69 Å². The summed E-state index contributed by atoms with van der Waals surface area (Å²) in [6.07, 6.45) is 6.39. The van der Waals surface area contributed by atoms with E-state index in [4.69, 9.17) is 9.47 Å². The Hall–Kier alpha value is -3.51. The first-order valence-corrected chi connectivity index (χ1v) is 9.24. The van der Waals surface area contributed by atoms with Crippen LogP contribution in [0.25, 0.3) is 10.9 Å². The van der Waals surface area contributed by atoms with Gasteiger partial charge < -0.3 is 14.4 Å². The van der Waals surface area contributed by atoms with E-state index in [9.17, 15) is 10.1 Å². The molecule has 0 aliphatic carbocycles. The predicted molar refractivity (Wildman–Crippen MR) is 104 cm³/mol. The van der Waals surface area contributed by atoms with E-state index >= 15 is 0 Å². The van der Waals surface area contributed by atoms with Gasteiger partial charge in [-0.2, -0.15) is 10.4 Å². The molecule has 1 saturated heterocycles. The molecule has 0 N–H and O–H groups in total. The maximum Gasteiger partial charge on any atom is 0.341 e. The molecule has 3 aromatic heterocycles. The number of hydrogen-bond acceptors (Lipinski definition) is 8. The second kappa shape index (κ2) is 7.85. The third kappa shape index (κ3) is 3.75. The van der Waals surface area contributed by atoms with Crippen molar-refractivity contribution in [2.75, 3.05) is 25.1 Å². The molecule has 4 heterocycles. The fourth-order valence-corrected chi connectivity index (χ4v) is 3.63. The number of nitrogens with zero attached hydrogens (tertiary/aromatic N) is 6. The molecule has 0 saturated carbocycles. The van der Waals surface area contributed by atoms with Gasteiger partial charge in [0.1, 0.15) is 11.6 Å². The van der Waals surface area contributed by atoms with Crippen molar-refractivity contribution in [3.63, 3.8) is 0 Å². The highest BCUT2D eigenvalue weighted by Crippen LogP contribution is 2.29. The van der Waals surface area contributed by atoms with Gasteiger partial charge in [-0.05, 0) is 19.1 Å². The van der Waals surface area contributed by atoms with Gasteiger partial charge in [-0.25, -0.2) is 9.78 Å². The maximum absolute atomic E-state index is 11.6.